The molecule has 1 N–H and O–H groups in total. The molecule has 0 aliphatic heterocycles. The molecule has 0 amide bonds. The van der Waals surface area contributed by atoms with Crippen LogP contribution in [0.4, 0.5) is 0 Å². The largest absolute Gasteiger partial charge is 0.497 e. The minimum absolute atomic E-state index is 0.0185. The highest BCUT2D eigenvalue weighted by atomic mass is 16.5. The van der Waals surface area contributed by atoms with Crippen molar-refractivity contribution < 1.29 is 19.1 Å². The molecular weight excluding hydrogens is 354 g/mol. The second-order valence-electron chi connectivity index (χ2n) is 8.13. The van der Waals surface area contributed by atoms with Gasteiger partial charge in [0.1, 0.15) is 17.5 Å². The molecular formula is C23H27NO4. The maximum atomic E-state index is 12.8. The van der Waals surface area contributed by atoms with Crippen molar-refractivity contribution in [2.45, 2.75) is 58.0 Å². The predicted molar refractivity (Wildman–Crippen MR) is 106 cm³/mol. The molecule has 1 heterocycles. The van der Waals surface area contributed by atoms with E-state index in [0.717, 1.165) is 41.8 Å². The zero-order chi connectivity index (χ0) is 19.8. The van der Waals surface area contributed by atoms with Crippen LogP contribution in [0.3, 0.4) is 0 Å². The van der Waals surface area contributed by atoms with Gasteiger partial charge in [-0.25, -0.2) is 4.79 Å². The molecule has 1 fully saturated rings. The number of Topliss-reactive ketones (excluding diaryl/α,β-unsaturated/α-hetero) is 1. The van der Waals surface area contributed by atoms with Gasteiger partial charge in [-0.05, 0) is 67.7 Å². The highest BCUT2D eigenvalue weighted by molar-refractivity contribution is 6.03. The summed E-state index contributed by atoms with van der Waals surface area (Å²) in [5.74, 6) is 1.05. The summed E-state index contributed by atoms with van der Waals surface area (Å²) in [5, 5.41) is 0. The number of carbonyl (C=O) groups excluding carboxylic acids is 2. The Morgan fingerprint density at radius 3 is 2.54 bits per heavy atom. The number of benzene rings is 1. The van der Waals surface area contributed by atoms with E-state index in [4.69, 9.17) is 9.47 Å². The van der Waals surface area contributed by atoms with E-state index >= 15 is 0 Å². The average molecular weight is 381 g/mol. The first-order chi connectivity index (χ1) is 13.5. The van der Waals surface area contributed by atoms with Crippen molar-refractivity contribution in [2.24, 2.45) is 5.92 Å². The lowest BCUT2D eigenvalue weighted by molar-refractivity contribution is 0.0219. The van der Waals surface area contributed by atoms with Crippen molar-refractivity contribution in [3.8, 4) is 5.75 Å². The maximum Gasteiger partial charge on any atom is 0.355 e. The minimum atomic E-state index is -0.334. The lowest BCUT2D eigenvalue weighted by Crippen LogP contribution is -2.21. The highest BCUT2D eigenvalue weighted by Gasteiger charge is 2.34. The Labute approximate surface area is 165 Å². The van der Waals surface area contributed by atoms with Gasteiger partial charge in [0.15, 0.2) is 5.78 Å². The van der Waals surface area contributed by atoms with Crippen molar-refractivity contribution in [1.82, 2.24) is 4.98 Å². The summed E-state index contributed by atoms with van der Waals surface area (Å²) >= 11 is 0. The summed E-state index contributed by atoms with van der Waals surface area (Å²) in [7, 11) is 1.64. The van der Waals surface area contributed by atoms with Gasteiger partial charge < -0.3 is 14.5 Å². The maximum absolute atomic E-state index is 12.8. The molecule has 0 spiro atoms. The Balaban J connectivity index is 1.56. The molecule has 2 aliphatic rings. The van der Waals surface area contributed by atoms with Crippen LogP contribution in [0.15, 0.2) is 24.3 Å². The van der Waals surface area contributed by atoms with Gasteiger partial charge in [0, 0.05) is 17.7 Å². The number of H-pyrrole nitrogens is 1. The number of fused-ring (bicyclic) bond motifs is 1. The van der Waals surface area contributed by atoms with E-state index in [9.17, 15) is 9.59 Å². The minimum Gasteiger partial charge on any atom is -0.497 e. The molecule has 3 unspecified atom stereocenters. The van der Waals surface area contributed by atoms with E-state index in [1.807, 2.05) is 31.2 Å². The molecule has 3 atom stereocenters. The third kappa shape index (κ3) is 3.34. The number of ether oxygens (including phenoxy) is 2. The number of ketones is 1. The molecule has 1 saturated carbocycles. The predicted octanol–water partition coefficient (Wildman–Crippen LogP) is 4.59. The third-order valence-electron chi connectivity index (χ3n) is 6.32. The van der Waals surface area contributed by atoms with Gasteiger partial charge in [-0.15, -0.1) is 0 Å². The number of hydrogen-bond acceptors (Lipinski definition) is 4. The molecule has 1 aromatic carbocycles. The van der Waals surface area contributed by atoms with E-state index in [0.29, 0.717) is 30.0 Å². The van der Waals surface area contributed by atoms with Crippen molar-refractivity contribution in [3.05, 3.63) is 52.3 Å². The van der Waals surface area contributed by atoms with Gasteiger partial charge in [0.25, 0.3) is 0 Å². The van der Waals surface area contributed by atoms with Crippen molar-refractivity contribution in [2.75, 3.05) is 7.11 Å². The van der Waals surface area contributed by atoms with Gasteiger partial charge >= 0.3 is 5.97 Å². The van der Waals surface area contributed by atoms with Crippen LogP contribution in [0.1, 0.15) is 76.2 Å². The second-order valence-corrected chi connectivity index (χ2v) is 8.13. The van der Waals surface area contributed by atoms with E-state index in [-0.39, 0.29) is 23.8 Å². The Morgan fingerprint density at radius 2 is 1.89 bits per heavy atom. The number of rotatable bonds is 4. The number of aromatic nitrogens is 1. The molecule has 28 heavy (non-hydrogen) atoms. The zero-order valence-electron chi connectivity index (χ0n) is 16.7. The van der Waals surface area contributed by atoms with Crippen LogP contribution in [0.5, 0.6) is 5.75 Å². The molecule has 1 aromatic heterocycles. The smallest absolute Gasteiger partial charge is 0.355 e. The summed E-state index contributed by atoms with van der Waals surface area (Å²) in [4.78, 5) is 28.8. The average Bonchev–Trinajstić information content (AvgIpc) is 3.25. The van der Waals surface area contributed by atoms with Gasteiger partial charge in [0.2, 0.25) is 0 Å². The SMILES string of the molecule is COc1ccc(C2CC(=O)c3c([nH]c(C(=O)OC4CCCC4C)c3C)C2)cc1. The number of carbonyl (C=O) groups is 2. The topological polar surface area (TPSA) is 68.4 Å². The van der Waals surface area contributed by atoms with Crippen LogP contribution in [0.2, 0.25) is 0 Å². The number of hydrogen-bond donors (Lipinski definition) is 1. The Hall–Kier alpha value is -2.56. The van der Waals surface area contributed by atoms with Crippen molar-refractivity contribution >= 4 is 11.8 Å². The van der Waals surface area contributed by atoms with Crippen molar-refractivity contribution in [1.29, 1.82) is 0 Å². The van der Waals surface area contributed by atoms with E-state index in [2.05, 4.69) is 11.9 Å². The fraction of sp³-hybridized carbons (Fsp3) is 0.478. The fourth-order valence-electron chi connectivity index (χ4n) is 4.63. The first kappa shape index (κ1) is 18.8. The molecule has 5 nitrogen and oxygen atoms in total. The van der Waals surface area contributed by atoms with E-state index in [1.54, 1.807) is 7.11 Å². The number of nitrogens with one attached hydrogen (secondary N) is 1. The molecule has 0 bridgehead atoms. The van der Waals surface area contributed by atoms with Crippen LogP contribution in [0.25, 0.3) is 0 Å². The van der Waals surface area contributed by atoms with Crippen molar-refractivity contribution in [3.63, 3.8) is 0 Å². The standard InChI is InChI=1S/C23H27NO4/c1-13-5-4-6-20(13)28-23(26)22-14(2)21-18(24-22)11-16(12-19(21)25)15-7-9-17(27-3)10-8-15/h7-10,13,16,20,24H,4-6,11-12H2,1-3H3. The summed E-state index contributed by atoms with van der Waals surface area (Å²) in [6, 6.07) is 7.85. The second kappa shape index (κ2) is 7.46. The number of methoxy groups -OCH3 is 1. The highest BCUT2D eigenvalue weighted by Crippen LogP contribution is 2.36. The van der Waals surface area contributed by atoms with Crippen LogP contribution in [-0.2, 0) is 11.2 Å². The quantitative estimate of drug-likeness (QED) is 0.787. The monoisotopic (exact) mass is 381 g/mol. The molecule has 0 saturated heterocycles. The molecule has 2 aliphatic carbocycles. The Kier molecular flexibility index (Phi) is 5.00. The van der Waals surface area contributed by atoms with Gasteiger partial charge in [-0.2, -0.15) is 0 Å². The third-order valence-corrected chi connectivity index (χ3v) is 6.32. The fourth-order valence-corrected chi connectivity index (χ4v) is 4.63. The summed E-state index contributed by atoms with van der Waals surface area (Å²) in [6.45, 7) is 3.97. The van der Waals surface area contributed by atoms with Gasteiger partial charge in [-0.3, -0.25) is 4.79 Å². The Bertz CT molecular complexity index is 896. The van der Waals surface area contributed by atoms with E-state index in [1.165, 1.54) is 0 Å². The van der Waals surface area contributed by atoms with Crippen LogP contribution < -0.4 is 4.74 Å². The molecule has 148 valence electrons. The number of aromatic amines is 1. The van der Waals surface area contributed by atoms with Crippen LogP contribution in [0, 0.1) is 12.8 Å². The normalized spacial score (nSPS) is 24.1. The molecule has 0 radical (unpaired) electrons. The Morgan fingerprint density at radius 1 is 1.14 bits per heavy atom. The van der Waals surface area contributed by atoms with E-state index < -0.39 is 0 Å². The van der Waals surface area contributed by atoms with Gasteiger partial charge in [-0.1, -0.05) is 19.1 Å². The molecule has 4 rings (SSSR count). The molecule has 2 aromatic rings. The number of esters is 1. The zero-order valence-corrected chi connectivity index (χ0v) is 16.7. The van der Waals surface area contributed by atoms with Gasteiger partial charge in [0.05, 0.1) is 7.11 Å². The first-order valence-corrected chi connectivity index (χ1v) is 10.1. The van der Waals surface area contributed by atoms with Crippen LogP contribution >= 0.6 is 0 Å². The lowest BCUT2D eigenvalue weighted by atomic mass is 9.81. The molecule has 5 heteroatoms. The first-order valence-electron chi connectivity index (χ1n) is 10.1. The summed E-state index contributed by atoms with van der Waals surface area (Å²) in [6.07, 6.45) is 4.26. The summed E-state index contributed by atoms with van der Waals surface area (Å²) < 4.78 is 11.0. The van der Waals surface area contributed by atoms with Crippen LogP contribution in [-0.4, -0.2) is 30.0 Å². The summed E-state index contributed by atoms with van der Waals surface area (Å²) in [5.41, 5.74) is 3.80. The lowest BCUT2D eigenvalue weighted by Gasteiger charge is -2.22.